The second kappa shape index (κ2) is 7.44. The number of aromatic nitrogens is 2. The van der Waals surface area contributed by atoms with Gasteiger partial charge in [-0.1, -0.05) is 6.92 Å². The van der Waals surface area contributed by atoms with Crippen molar-refractivity contribution in [2.75, 3.05) is 37.5 Å². The van der Waals surface area contributed by atoms with Crippen LogP contribution in [0.25, 0.3) is 0 Å². The highest BCUT2D eigenvalue weighted by Crippen LogP contribution is 2.29. The van der Waals surface area contributed by atoms with Gasteiger partial charge in [-0.15, -0.1) is 0 Å². The molecule has 0 aliphatic rings. The average Bonchev–Trinajstić information content (AvgIpc) is 2.43. The van der Waals surface area contributed by atoms with E-state index in [0.717, 1.165) is 6.42 Å². The van der Waals surface area contributed by atoms with Gasteiger partial charge in [0.05, 0.1) is 12.6 Å². The molecule has 21 heavy (non-hydrogen) atoms. The van der Waals surface area contributed by atoms with Crippen molar-refractivity contribution < 1.29 is 17.9 Å². The van der Waals surface area contributed by atoms with Gasteiger partial charge in [-0.05, 0) is 13.3 Å². The second-order valence-electron chi connectivity index (χ2n) is 4.77. The second-order valence-corrected chi connectivity index (χ2v) is 4.77. The fourth-order valence-electron chi connectivity index (χ4n) is 1.66. The van der Waals surface area contributed by atoms with Crippen LogP contribution >= 0.6 is 0 Å². The molecular formula is C13H21F3N4O. The van der Waals surface area contributed by atoms with E-state index in [1.54, 1.807) is 19.1 Å². The Labute approximate surface area is 122 Å². The number of anilines is 2. The van der Waals surface area contributed by atoms with Crippen molar-refractivity contribution in [2.24, 2.45) is 0 Å². The third kappa shape index (κ3) is 5.04. The van der Waals surface area contributed by atoms with E-state index in [-0.39, 0.29) is 17.7 Å². The smallest absolute Gasteiger partial charge is 0.383 e. The molecule has 0 saturated carbocycles. The van der Waals surface area contributed by atoms with Crippen LogP contribution in [0.15, 0.2) is 6.07 Å². The number of alkyl halides is 3. The standard InChI is InChI=1S/C13H21F3N4O/c1-5-6-17-10-7-11(20(3)9(2)8-21-4)19-12(18-10)13(14,15)16/h7,9H,5-6,8H2,1-4H3,(H,17,18,19). The molecule has 1 N–H and O–H groups in total. The number of methoxy groups -OCH3 is 1. The first kappa shape index (κ1) is 17.5. The third-order valence-electron chi connectivity index (χ3n) is 2.95. The Hall–Kier alpha value is -1.57. The van der Waals surface area contributed by atoms with Crippen molar-refractivity contribution in [3.63, 3.8) is 0 Å². The predicted molar refractivity (Wildman–Crippen MR) is 75.6 cm³/mol. The van der Waals surface area contributed by atoms with Crippen molar-refractivity contribution in [3.8, 4) is 0 Å². The van der Waals surface area contributed by atoms with Crippen LogP contribution in [0.5, 0.6) is 0 Å². The van der Waals surface area contributed by atoms with Crippen LogP contribution < -0.4 is 10.2 Å². The zero-order chi connectivity index (χ0) is 16.0. The number of nitrogens with zero attached hydrogens (tertiary/aromatic N) is 3. The summed E-state index contributed by atoms with van der Waals surface area (Å²) in [5, 5.41) is 2.86. The minimum atomic E-state index is -4.58. The first-order chi connectivity index (χ1) is 9.79. The molecule has 0 saturated heterocycles. The maximum absolute atomic E-state index is 12.9. The van der Waals surface area contributed by atoms with Crippen molar-refractivity contribution in [1.82, 2.24) is 9.97 Å². The first-order valence-electron chi connectivity index (χ1n) is 6.71. The van der Waals surface area contributed by atoms with Crippen LogP contribution in [0.4, 0.5) is 24.8 Å². The maximum atomic E-state index is 12.9. The number of hydrogen-bond acceptors (Lipinski definition) is 5. The topological polar surface area (TPSA) is 50.3 Å². The highest BCUT2D eigenvalue weighted by molar-refractivity contribution is 5.49. The number of ether oxygens (including phenoxy) is 1. The van der Waals surface area contributed by atoms with Crippen LogP contribution in [0.2, 0.25) is 0 Å². The number of nitrogens with one attached hydrogen (secondary N) is 1. The summed E-state index contributed by atoms with van der Waals surface area (Å²) in [5.74, 6) is -0.763. The summed E-state index contributed by atoms with van der Waals surface area (Å²) in [5.41, 5.74) is 0. The molecule has 5 nitrogen and oxygen atoms in total. The molecule has 1 rings (SSSR count). The Kier molecular flexibility index (Phi) is 6.19. The van der Waals surface area contributed by atoms with Crippen LogP contribution in [0.3, 0.4) is 0 Å². The van der Waals surface area contributed by atoms with Gasteiger partial charge in [-0.25, -0.2) is 9.97 Å². The quantitative estimate of drug-likeness (QED) is 0.839. The van der Waals surface area contributed by atoms with Gasteiger partial charge in [0.25, 0.3) is 0 Å². The first-order valence-corrected chi connectivity index (χ1v) is 6.71. The monoisotopic (exact) mass is 306 g/mol. The van der Waals surface area contributed by atoms with E-state index in [1.807, 2.05) is 13.8 Å². The molecule has 1 aromatic heterocycles. The molecule has 1 unspecified atom stereocenters. The average molecular weight is 306 g/mol. The summed E-state index contributed by atoms with van der Waals surface area (Å²) in [4.78, 5) is 8.77. The van der Waals surface area contributed by atoms with E-state index in [9.17, 15) is 13.2 Å². The zero-order valence-electron chi connectivity index (χ0n) is 12.7. The summed E-state index contributed by atoms with van der Waals surface area (Å²) >= 11 is 0. The van der Waals surface area contributed by atoms with Gasteiger partial charge in [0.1, 0.15) is 11.6 Å². The SMILES string of the molecule is CCCNc1cc(N(C)C(C)COC)nc(C(F)(F)F)n1. The molecule has 8 heteroatoms. The highest BCUT2D eigenvalue weighted by atomic mass is 19.4. The Morgan fingerprint density at radius 2 is 2.05 bits per heavy atom. The highest BCUT2D eigenvalue weighted by Gasteiger charge is 2.36. The largest absolute Gasteiger partial charge is 0.451 e. The summed E-state index contributed by atoms with van der Waals surface area (Å²) in [6.45, 7) is 4.70. The number of hydrogen-bond donors (Lipinski definition) is 1. The third-order valence-corrected chi connectivity index (χ3v) is 2.95. The lowest BCUT2D eigenvalue weighted by Gasteiger charge is -2.26. The van der Waals surface area contributed by atoms with E-state index >= 15 is 0 Å². The fraction of sp³-hybridized carbons (Fsp3) is 0.692. The predicted octanol–water partition coefficient (Wildman–Crippen LogP) is 2.79. The summed E-state index contributed by atoms with van der Waals surface area (Å²) in [6.07, 6.45) is -3.79. The van der Waals surface area contributed by atoms with Crippen molar-refractivity contribution in [2.45, 2.75) is 32.5 Å². The summed E-state index contributed by atoms with van der Waals surface area (Å²) in [7, 11) is 3.22. The number of rotatable bonds is 7. The van der Waals surface area contributed by atoms with E-state index in [2.05, 4.69) is 15.3 Å². The summed E-state index contributed by atoms with van der Waals surface area (Å²) < 4.78 is 43.7. The molecule has 0 aromatic carbocycles. The lowest BCUT2D eigenvalue weighted by atomic mass is 10.3. The van der Waals surface area contributed by atoms with Crippen LogP contribution in [0.1, 0.15) is 26.1 Å². The fourth-order valence-corrected chi connectivity index (χ4v) is 1.66. The molecule has 0 aliphatic carbocycles. The van der Waals surface area contributed by atoms with Crippen molar-refractivity contribution in [1.29, 1.82) is 0 Å². The minimum absolute atomic E-state index is 0.106. The number of likely N-dealkylation sites (N-methyl/N-ethyl adjacent to an activating group) is 1. The molecular weight excluding hydrogens is 285 g/mol. The van der Waals surface area contributed by atoms with Crippen molar-refractivity contribution in [3.05, 3.63) is 11.9 Å². The molecule has 0 bridgehead atoms. The zero-order valence-corrected chi connectivity index (χ0v) is 12.7. The van der Waals surface area contributed by atoms with Gasteiger partial charge >= 0.3 is 6.18 Å². The molecule has 0 amide bonds. The Morgan fingerprint density at radius 1 is 1.38 bits per heavy atom. The van der Waals surface area contributed by atoms with Crippen molar-refractivity contribution >= 4 is 11.6 Å². The minimum Gasteiger partial charge on any atom is -0.383 e. The molecule has 0 spiro atoms. The Bertz CT molecular complexity index is 454. The Morgan fingerprint density at radius 3 is 2.57 bits per heavy atom. The molecule has 1 atom stereocenters. The number of halogens is 3. The molecule has 0 aliphatic heterocycles. The molecule has 1 aromatic rings. The van der Waals surface area contributed by atoms with E-state index in [4.69, 9.17) is 4.74 Å². The van der Waals surface area contributed by atoms with Gasteiger partial charge in [0.15, 0.2) is 0 Å². The van der Waals surface area contributed by atoms with E-state index in [0.29, 0.717) is 13.2 Å². The van der Waals surface area contributed by atoms with Gasteiger partial charge in [0.2, 0.25) is 5.82 Å². The van der Waals surface area contributed by atoms with Crippen LogP contribution in [0, 0.1) is 0 Å². The van der Waals surface area contributed by atoms with Gasteiger partial charge < -0.3 is 15.0 Å². The van der Waals surface area contributed by atoms with Gasteiger partial charge in [-0.3, -0.25) is 0 Å². The van der Waals surface area contributed by atoms with Crippen LogP contribution in [-0.2, 0) is 10.9 Å². The Balaban J connectivity index is 3.11. The normalized spacial score (nSPS) is 13.1. The molecule has 120 valence electrons. The molecule has 0 radical (unpaired) electrons. The maximum Gasteiger partial charge on any atom is 0.451 e. The van der Waals surface area contributed by atoms with E-state index in [1.165, 1.54) is 6.07 Å². The molecule has 1 heterocycles. The van der Waals surface area contributed by atoms with E-state index < -0.39 is 12.0 Å². The lowest BCUT2D eigenvalue weighted by molar-refractivity contribution is -0.144. The van der Waals surface area contributed by atoms with Crippen LogP contribution in [-0.4, -0.2) is 43.3 Å². The lowest BCUT2D eigenvalue weighted by Crippen LogP contribution is -2.34. The van der Waals surface area contributed by atoms with Gasteiger partial charge in [0, 0.05) is 26.8 Å². The summed E-state index contributed by atoms with van der Waals surface area (Å²) in [6, 6.07) is 1.40. The van der Waals surface area contributed by atoms with Gasteiger partial charge in [-0.2, -0.15) is 13.2 Å². The molecule has 0 fully saturated rings.